The van der Waals surface area contributed by atoms with Gasteiger partial charge in [0.05, 0.1) is 16.1 Å². The number of hydrogen-bond acceptors (Lipinski definition) is 8. The molecule has 10 nitrogen and oxygen atoms in total. The zero-order chi connectivity index (χ0) is 21.1. The van der Waals surface area contributed by atoms with Crippen LogP contribution in [0.3, 0.4) is 0 Å². The Labute approximate surface area is 167 Å². The number of nitro benzene ring substituents is 1. The molecule has 29 heavy (non-hydrogen) atoms. The number of rotatable bonds is 6. The van der Waals surface area contributed by atoms with Gasteiger partial charge in [0.25, 0.3) is 12.0 Å². The summed E-state index contributed by atoms with van der Waals surface area (Å²) in [6.45, 7) is 0. The van der Waals surface area contributed by atoms with Crippen molar-refractivity contribution in [2.45, 2.75) is 6.29 Å². The standard InChI is InChI=1S/C18H11ClN2O8/c19-13-14(20-11-5-1-9(2-6-11)15(22)23)18(29-17(13)25)28-16(24)10-3-7-12(8-4-10)21(26)27/h1-8,18,20H,(H,22,23)/t18-/m1/s1. The molecule has 2 aromatic rings. The zero-order valence-corrected chi connectivity index (χ0v) is 15.1. The predicted octanol–water partition coefficient (Wildman–Crippen LogP) is 2.90. The molecule has 0 spiro atoms. The molecule has 0 fully saturated rings. The van der Waals surface area contributed by atoms with E-state index in [9.17, 15) is 24.5 Å². The van der Waals surface area contributed by atoms with E-state index >= 15 is 0 Å². The number of cyclic esters (lactones) is 1. The highest BCUT2D eigenvalue weighted by Gasteiger charge is 2.36. The first-order chi connectivity index (χ1) is 13.8. The number of ether oxygens (including phenoxy) is 2. The maximum Gasteiger partial charge on any atom is 0.355 e. The molecule has 3 rings (SSSR count). The van der Waals surface area contributed by atoms with E-state index in [1.807, 2.05) is 0 Å². The average molecular weight is 419 g/mol. The van der Waals surface area contributed by atoms with Crippen molar-refractivity contribution >= 4 is 40.9 Å². The van der Waals surface area contributed by atoms with E-state index in [1.165, 1.54) is 36.4 Å². The molecule has 1 heterocycles. The van der Waals surface area contributed by atoms with E-state index in [1.54, 1.807) is 0 Å². The average Bonchev–Trinajstić information content (AvgIpc) is 2.95. The van der Waals surface area contributed by atoms with Gasteiger partial charge in [0, 0.05) is 17.8 Å². The van der Waals surface area contributed by atoms with Crippen LogP contribution in [0, 0.1) is 10.1 Å². The van der Waals surface area contributed by atoms with Gasteiger partial charge in [-0.05, 0) is 36.4 Å². The van der Waals surface area contributed by atoms with Crippen LogP contribution in [0.25, 0.3) is 0 Å². The van der Waals surface area contributed by atoms with Gasteiger partial charge >= 0.3 is 17.9 Å². The molecule has 0 unspecified atom stereocenters. The van der Waals surface area contributed by atoms with Crippen molar-refractivity contribution in [3.05, 3.63) is 80.5 Å². The molecule has 0 radical (unpaired) electrons. The maximum absolute atomic E-state index is 12.3. The van der Waals surface area contributed by atoms with Gasteiger partial charge in [0.1, 0.15) is 5.70 Å². The lowest BCUT2D eigenvalue weighted by Crippen LogP contribution is -2.24. The number of halogens is 1. The molecule has 148 valence electrons. The molecule has 0 saturated heterocycles. The number of carboxylic acid groups (broad SMARTS) is 1. The quantitative estimate of drug-likeness (QED) is 0.410. The highest BCUT2D eigenvalue weighted by Crippen LogP contribution is 2.29. The number of nitro groups is 1. The number of esters is 2. The Balaban J connectivity index is 1.76. The van der Waals surface area contributed by atoms with E-state index in [0.29, 0.717) is 5.69 Å². The van der Waals surface area contributed by atoms with E-state index in [2.05, 4.69) is 5.32 Å². The number of hydrogen-bond donors (Lipinski definition) is 2. The second-order valence-corrected chi connectivity index (χ2v) is 6.06. The van der Waals surface area contributed by atoms with Crippen LogP contribution in [-0.2, 0) is 14.3 Å². The summed E-state index contributed by atoms with van der Waals surface area (Å²) in [5, 5.41) is 22.0. The lowest BCUT2D eigenvalue weighted by atomic mass is 10.2. The summed E-state index contributed by atoms with van der Waals surface area (Å²) in [5.41, 5.74) is 0.173. The van der Waals surface area contributed by atoms with Crippen molar-refractivity contribution in [2.24, 2.45) is 0 Å². The summed E-state index contributed by atoms with van der Waals surface area (Å²) in [6.07, 6.45) is -1.48. The topological polar surface area (TPSA) is 145 Å². The van der Waals surface area contributed by atoms with Gasteiger partial charge in [0.15, 0.2) is 5.03 Å². The van der Waals surface area contributed by atoms with Crippen LogP contribution in [0.5, 0.6) is 0 Å². The summed E-state index contributed by atoms with van der Waals surface area (Å²) in [6, 6.07) is 10.2. The van der Waals surface area contributed by atoms with Crippen molar-refractivity contribution in [1.29, 1.82) is 0 Å². The molecule has 1 aliphatic rings. The molecule has 11 heteroatoms. The zero-order valence-electron chi connectivity index (χ0n) is 14.3. The lowest BCUT2D eigenvalue weighted by molar-refractivity contribution is -0.384. The molecule has 0 aromatic heterocycles. The summed E-state index contributed by atoms with van der Waals surface area (Å²) < 4.78 is 10.1. The number of aromatic carboxylic acids is 1. The van der Waals surface area contributed by atoms with Crippen LogP contribution in [-0.4, -0.2) is 34.2 Å². The minimum atomic E-state index is -1.48. The smallest absolute Gasteiger partial charge is 0.355 e. The minimum Gasteiger partial charge on any atom is -0.478 e. The molecule has 0 amide bonds. The number of anilines is 1. The van der Waals surface area contributed by atoms with Gasteiger partial charge < -0.3 is 19.9 Å². The second-order valence-electron chi connectivity index (χ2n) is 5.68. The molecule has 2 aromatic carbocycles. The van der Waals surface area contributed by atoms with Crippen LogP contribution in [0.1, 0.15) is 20.7 Å². The molecule has 0 bridgehead atoms. The fourth-order valence-corrected chi connectivity index (χ4v) is 2.54. The third-order valence-corrected chi connectivity index (χ3v) is 4.16. The summed E-state index contributed by atoms with van der Waals surface area (Å²) in [4.78, 5) is 45.0. The highest BCUT2D eigenvalue weighted by molar-refractivity contribution is 6.42. The van der Waals surface area contributed by atoms with Crippen LogP contribution < -0.4 is 5.32 Å². The van der Waals surface area contributed by atoms with E-state index < -0.39 is 29.1 Å². The van der Waals surface area contributed by atoms with Gasteiger partial charge in [-0.15, -0.1) is 0 Å². The van der Waals surface area contributed by atoms with Gasteiger partial charge in [-0.3, -0.25) is 10.1 Å². The fraction of sp³-hybridized carbons (Fsp3) is 0.0556. The largest absolute Gasteiger partial charge is 0.478 e. The molecule has 1 atom stereocenters. The van der Waals surface area contributed by atoms with Crippen LogP contribution >= 0.6 is 11.6 Å². The van der Waals surface area contributed by atoms with Crippen molar-refractivity contribution in [1.82, 2.24) is 0 Å². The Morgan fingerprint density at radius 3 is 2.24 bits per heavy atom. The van der Waals surface area contributed by atoms with Crippen LogP contribution in [0.15, 0.2) is 59.3 Å². The number of carboxylic acids is 1. The molecule has 2 N–H and O–H groups in total. The molecule has 0 saturated carbocycles. The Hall–Kier alpha value is -3.92. The Morgan fingerprint density at radius 2 is 1.69 bits per heavy atom. The molecule has 0 aliphatic carbocycles. The highest BCUT2D eigenvalue weighted by atomic mass is 35.5. The number of nitrogens with one attached hydrogen (secondary N) is 1. The van der Waals surface area contributed by atoms with Gasteiger partial charge in [-0.2, -0.15) is 0 Å². The normalized spacial score (nSPS) is 15.6. The Kier molecular flexibility index (Phi) is 5.46. The number of non-ortho nitro benzene ring substituents is 1. The van der Waals surface area contributed by atoms with Crippen molar-refractivity contribution in [3.63, 3.8) is 0 Å². The monoisotopic (exact) mass is 418 g/mol. The lowest BCUT2D eigenvalue weighted by Gasteiger charge is -2.16. The SMILES string of the molecule is O=C1O[C@@H](OC(=O)c2ccc([N+](=O)[O-])cc2)C(Nc2ccc(C(=O)O)cc2)=C1Cl. The maximum atomic E-state index is 12.3. The number of nitrogens with zero attached hydrogens (tertiary/aromatic N) is 1. The van der Waals surface area contributed by atoms with E-state index in [4.69, 9.17) is 26.2 Å². The van der Waals surface area contributed by atoms with Crippen LogP contribution in [0.2, 0.25) is 0 Å². The summed E-state index contributed by atoms with van der Waals surface area (Å²) in [7, 11) is 0. The number of carbonyl (C=O) groups excluding carboxylic acids is 2. The number of benzene rings is 2. The van der Waals surface area contributed by atoms with Gasteiger partial charge in [-0.1, -0.05) is 11.6 Å². The van der Waals surface area contributed by atoms with Crippen molar-refractivity contribution in [2.75, 3.05) is 5.32 Å². The first kappa shape index (κ1) is 19.8. The van der Waals surface area contributed by atoms with Crippen molar-refractivity contribution < 1.29 is 33.9 Å². The van der Waals surface area contributed by atoms with E-state index in [-0.39, 0.29) is 27.5 Å². The minimum absolute atomic E-state index is 0.000155. The second kappa shape index (κ2) is 7.98. The first-order valence-electron chi connectivity index (χ1n) is 7.92. The van der Waals surface area contributed by atoms with Crippen molar-refractivity contribution in [3.8, 4) is 0 Å². The number of carbonyl (C=O) groups is 3. The molecular weight excluding hydrogens is 408 g/mol. The Bertz CT molecular complexity index is 1030. The summed E-state index contributed by atoms with van der Waals surface area (Å²) >= 11 is 5.92. The van der Waals surface area contributed by atoms with Gasteiger partial charge in [-0.25, -0.2) is 14.4 Å². The van der Waals surface area contributed by atoms with Crippen LogP contribution in [0.4, 0.5) is 11.4 Å². The summed E-state index contributed by atoms with van der Waals surface area (Å²) in [5.74, 6) is -2.93. The fourth-order valence-electron chi connectivity index (χ4n) is 2.35. The predicted molar refractivity (Wildman–Crippen MR) is 98.3 cm³/mol. The van der Waals surface area contributed by atoms with E-state index in [0.717, 1.165) is 12.1 Å². The molecular formula is C18H11ClN2O8. The third kappa shape index (κ3) is 4.33. The molecule has 1 aliphatic heterocycles. The van der Waals surface area contributed by atoms with Gasteiger partial charge in [0.2, 0.25) is 0 Å². The Morgan fingerprint density at radius 1 is 1.10 bits per heavy atom. The first-order valence-corrected chi connectivity index (χ1v) is 8.30. The third-order valence-electron chi connectivity index (χ3n) is 3.80.